The number of carbonyl (C=O) groups is 1. The quantitative estimate of drug-likeness (QED) is 0.515. The van der Waals surface area contributed by atoms with Gasteiger partial charge in [-0.25, -0.2) is 17.6 Å². The average molecular weight is 458 g/mol. The molecule has 0 atom stereocenters. The second-order valence-electron chi connectivity index (χ2n) is 8.62. The molecule has 3 aromatic rings. The van der Waals surface area contributed by atoms with Gasteiger partial charge in [0.25, 0.3) is 0 Å². The maximum Gasteiger partial charge on any atom is 0.342 e. The summed E-state index contributed by atoms with van der Waals surface area (Å²) >= 11 is 0. The second kappa shape index (κ2) is 7.33. The largest absolute Gasteiger partial charge is 0.462 e. The van der Waals surface area contributed by atoms with E-state index in [0.717, 1.165) is 31.2 Å². The molecule has 32 heavy (non-hydrogen) atoms. The molecule has 1 aromatic heterocycles. The van der Waals surface area contributed by atoms with E-state index in [2.05, 4.69) is 0 Å². The zero-order chi connectivity index (χ0) is 22.7. The van der Waals surface area contributed by atoms with E-state index in [9.17, 15) is 17.6 Å². The maximum absolute atomic E-state index is 13.5. The Morgan fingerprint density at radius 3 is 2.53 bits per heavy atom. The summed E-state index contributed by atoms with van der Waals surface area (Å²) in [6.45, 7) is 2.34. The standard InChI is InChI=1S/C24H24FNO5S/c1-3-30-23(27)21-17-13-18-19(26(32(2,28)29)12-4-9-24(18)10-11-24)14-20(17)31-22(21)15-5-7-16(25)8-6-15/h5-8,13-14H,3-4,9-12H2,1-2H3. The molecule has 0 radical (unpaired) electrons. The van der Waals surface area contributed by atoms with Crippen molar-refractivity contribution in [3.8, 4) is 11.3 Å². The summed E-state index contributed by atoms with van der Waals surface area (Å²) in [6, 6.07) is 9.34. The number of nitrogens with zero attached hydrogens (tertiary/aromatic N) is 1. The van der Waals surface area contributed by atoms with Gasteiger partial charge in [0.2, 0.25) is 10.0 Å². The Balaban J connectivity index is 1.80. The van der Waals surface area contributed by atoms with Gasteiger partial charge < -0.3 is 9.15 Å². The van der Waals surface area contributed by atoms with Gasteiger partial charge in [-0.3, -0.25) is 4.31 Å². The van der Waals surface area contributed by atoms with Crippen LogP contribution in [0.25, 0.3) is 22.3 Å². The maximum atomic E-state index is 13.5. The zero-order valence-corrected chi connectivity index (χ0v) is 18.8. The fraction of sp³-hybridized carbons (Fsp3) is 0.375. The lowest BCUT2D eigenvalue weighted by molar-refractivity contribution is 0.0528. The van der Waals surface area contributed by atoms with Crippen molar-refractivity contribution < 1.29 is 26.8 Å². The number of hydrogen-bond acceptors (Lipinski definition) is 5. The van der Waals surface area contributed by atoms with Crippen molar-refractivity contribution in [1.82, 2.24) is 0 Å². The summed E-state index contributed by atoms with van der Waals surface area (Å²) in [5.41, 5.74) is 2.71. The lowest BCUT2D eigenvalue weighted by Crippen LogP contribution is -2.30. The summed E-state index contributed by atoms with van der Waals surface area (Å²) in [4.78, 5) is 13.0. The molecule has 1 aliphatic carbocycles. The van der Waals surface area contributed by atoms with Crippen LogP contribution in [0.3, 0.4) is 0 Å². The fourth-order valence-electron chi connectivity index (χ4n) is 4.80. The number of esters is 1. The van der Waals surface area contributed by atoms with E-state index in [-0.39, 0.29) is 23.3 Å². The zero-order valence-electron chi connectivity index (χ0n) is 18.0. The SMILES string of the molecule is CCOC(=O)c1c(-c2ccc(F)cc2)oc2cc3c(cc12)C1(CCCN3S(C)(=O)=O)CC1. The van der Waals surface area contributed by atoms with Crippen LogP contribution in [-0.2, 0) is 20.2 Å². The highest BCUT2D eigenvalue weighted by Gasteiger charge is 2.48. The van der Waals surface area contributed by atoms with Crippen LogP contribution in [0.5, 0.6) is 0 Å². The first-order chi connectivity index (χ1) is 15.2. The molecule has 2 heterocycles. The number of hydrogen-bond donors (Lipinski definition) is 0. The van der Waals surface area contributed by atoms with Crippen LogP contribution in [0.15, 0.2) is 40.8 Å². The fourth-order valence-corrected chi connectivity index (χ4v) is 5.77. The predicted molar refractivity (Wildman–Crippen MR) is 120 cm³/mol. The number of rotatable bonds is 4. The monoisotopic (exact) mass is 457 g/mol. The van der Waals surface area contributed by atoms with E-state index in [1.165, 1.54) is 22.7 Å². The number of carbonyl (C=O) groups excluding carboxylic acids is 1. The molecule has 1 fully saturated rings. The minimum absolute atomic E-state index is 0.0673. The van der Waals surface area contributed by atoms with Crippen LogP contribution in [-0.4, -0.2) is 33.8 Å². The van der Waals surface area contributed by atoms with Gasteiger partial charge in [-0.15, -0.1) is 0 Å². The third-order valence-corrected chi connectivity index (χ3v) is 7.68. The molecule has 0 unspecified atom stereocenters. The molecule has 2 aliphatic rings. The Kier molecular flexibility index (Phi) is 4.81. The van der Waals surface area contributed by atoms with Crippen molar-refractivity contribution in [3.05, 3.63) is 53.3 Å². The van der Waals surface area contributed by atoms with Crippen molar-refractivity contribution in [2.45, 2.75) is 38.0 Å². The minimum Gasteiger partial charge on any atom is -0.462 e. The number of ether oxygens (including phenoxy) is 1. The van der Waals surface area contributed by atoms with Gasteiger partial charge in [-0.05, 0) is 73.9 Å². The molecule has 1 aliphatic heterocycles. The molecule has 0 N–H and O–H groups in total. The Morgan fingerprint density at radius 1 is 1.19 bits per heavy atom. The van der Waals surface area contributed by atoms with E-state index in [1.807, 2.05) is 6.07 Å². The lowest BCUT2D eigenvalue weighted by Gasteiger charge is -2.23. The number of furan rings is 1. The van der Waals surface area contributed by atoms with Crippen LogP contribution in [0.1, 0.15) is 48.5 Å². The highest BCUT2D eigenvalue weighted by molar-refractivity contribution is 7.92. The van der Waals surface area contributed by atoms with Crippen molar-refractivity contribution in [3.63, 3.8) is 0 Å². The molecular formula is C24H24FNO5S. The Morgan fingerprint density at radius 2 is 1.91 bits per heavy atom. The molecule has 0 saturated heterocycles. The van der Waals surface area contributed by atoms with E-state index in [1.54, 1.807) is 25.1 Å². The first kappa shape index (κ1) is 21.0. The Labute approximate surface area is 186 Å². The van der Waals surface area contributed by atoms with Gasteiger partial charge >= 0.3 is 5.97 Å². The minimum atomic E-state index is -3.48. The number of sulfonamides is 1. The molecular weight excluding hydrogens is 433 g/mol. The van der Waals surface area contributed by atoms with Crippen molar-refractivity contribution in [2.75, 3.05) is 23.7 Å². The Hall–Kier alpha value is -2.87. The summed E-state index contributed by atoms with van der Waals surface area (Å²) in [7, 11) is -3.48. The summed E-state index contributed by atoms with van der Waals surface area (Å²) in [5.74, 6) is -0.632. The van der Waals surface area contributed by atoms with E-state index >= 15 is 0 Å². The highest BCUT2D eigenvalue weighted by Crippen LogP contribution is 2.57. The summed E-state index contributed by atoms with van der Waals surface area (Å²) < 4.78 is 51.5. The topological polar surface area (TPSA) is 76.8 Å². The van der Waals surface area contributed by atoms with Crippen LogP contribution in [0.4, 0.5) is 10.1 Å². The average Bonchev–Trinajstić information content (AvgIpc) is 3.46. The lowest BCUT2D eigenvalue weighted by atomic mass is 9.89. The Bertz CT molecular complexity index is 1320. The third kappa shape index (κ3) is 3.37. The van der Waals surface area contributed by atoms with Gasteiger partial charge in [0.05, 0.1) is 18.6 Å². The van der Waals surface area contributed by atoms with Gasteiger partial charge in [0, 0.05) is 23.6 Å². The molecule has 1 saturated carbocycles. The molecule has 5 rings (SSSR count). The molecule has 0 amide bonds. The number of fused-ring (bicyclic) bond motifs is 3. The molecule has 8 heteroatoms. The molecule has 0 bridgehead atoms. The first-order valence-corrected chi connectivity index (χ1v) is 12.6. The predicted octanol–water partition coefficient (Wildman–Crippen LogP) is 5.01. The summed E-state index contributed by atoms with van der Waals surface area (Å²) in [5, 5.41) is 0.586. The van der Waals surface area contributed by atoms with Gasteiger partial charge in [0.15, 0.2) is 0 Å². The summed E-state index contributed by atoms with van der Waals surface area (Å²) in [6.07, 6.45) is 4.85. The molecule has 168 valence electrons. The number of benzene rings is 2. The molecule has 6 nitrogen and oxygen atoms in total. The normalized spacial score (nSPS) is 17.3. The number of anilines is 1. The van der Waals surface area contributed by atoms with Crippen molar-refractivity contribution in [2.24, 2.45) is 0 Å². The molecule has 1 spiro atoms. The highest BCUT2D eigenvalue weighted by atomic mass is 32.2. The van der Waals surface area contributed by atoms with Gasteiger partial charge in [-0.2, -0.15) is 0 Å². The van der Waals surface area contributed by atoms with Crippen molar-refractivity contribution in [1.29, 1.82) is 0 Å². The van der Waals surface area contributed by atoms with Crippen LogP contribution in [0, 0.1) is 5.82 Å². The number of halogens is 1. The van der Waals surface area contributed by atoms with Crippen molar-refractivity contribution >= 4 is 32.6 Å². The van der Waals surface area contributed by atoms with E-state index in [4.69, 9.17) is 9.15 Å². The van der Waals surface area contributed by atoms with Crippen LogP contribution >= 0.6 is 0 Å². The van der Waals surface area contributed by atoms with E-state index in [0.29, 0.717) is 28.8 Å². The second-order valence-corrected chi connectivity index (χ2v) is 10.5. The van der Waals surface area contributed by atoms with E-state index < -0.39 is 21.8 Å². The molecule has 2 aromatic carbocycles. The first-order valence-electron chi connectivity index (χ1n) is 10.8. The van der Waals surface area contributed by atoms with Crippen LogP contribution < -0.4 is 4.31 Å². The smallest absolute Gasteiger partial charge is 0.342 e. The van der Waals surface area contributed by atoms with Gasteiger partial charge in [0.1, 0.15) is 22.7 Å². The van der Waals surface area contributed by atoms with Crippen LogP contribution in [0.2, 0.25) is 0 Å². The van der Waals surface area contributed by atoms with Gasteiger partial charge in [-0.1, -0.05) is 0 Å². The third-order valence-electron chi connectivity index (χ3n) is 6.50.